The molecule has 2 nitrogen and oxygen atoms in total. The van der Waals surface area contributed by atoms with Crippen LogP contribution in [0.4, 0.5) is 0 Å². The molecule has 0 amide bonds. The van der Waals surface area contributed by atoms with Crippen molar-refractivity contribution in [2.24, 2.45) is 0 Å². The van der Waals surface area contributed by atoms with Gasteiger partial charge in [-0.2, -0.15) is 5.26 Å². The second kappa shape index (κ2) is 6.67. The number of nitrogens with one attached hydrogen (secondary N) is 1. The van der Waals surface area contributed by atoms with Crippen molar-refractivity contribution in [2.45, 2.75) is 32.4 Å². The summed E-state index contributed by atoms with van der Waals surface area (Å²) in [5, 5.41) is 12.3. The molecular formula is C14H16N2. The summed E-state index contributed by atoms with van der Waals surface area (Å²) in [6, 6.07) is 10.1. The summed E-state index contributed by atoms with van der Waals surface area (Å²) in [5.74, 6) is 2.66. The Morgan fingerprint density at radius 2 is 2.19 bits per heavy atom. The summed E-state index contributed by atoms with van der Waals surface area (Å²) >= 11 is 0. The van der Waals surface area contributed by atoms with Crippen LogP contribution in [0.15, 0.2) is 24.3 Å². The molecule has 1 aromatic carbocycles. The number of benzene rings is 1. The maximum absolute atomic E-state index is 8.93. The van der Waals surface area contributed by atoms with Crippen molar-refractivity contribution in [1.82, 2.24) is 5.32 Å². The normalized spacial score (nSPS) is 11.4. The molecule has 0 fully saturated rings. The molecule has 0 heterocycles. The van der Waals surface area contributed by atoms with Gasteiger partial charge in [0.05, 0.1) is 11.6 Å². The van der Waals surface area contributed by atoms with Crippen LogP contribution in [0, 0.1) is 23.7 Å². The van der Waals surface area contributed by atoms with Gasteiger partial charge in [0.1, 0.15) is 0 Å². The largest absolute Gasteiger partial charge is 0.309 e. The molecule has 1 rings (SSSR count). The Hall–Kier alpha value is -1.77. The van der Waals surface area contributed by atoms with Gasteiger partial charge in [-0.25, -0.2) is 0 Å². The monoisotopic (exact) mass is 212 g/mol. The van der Waals surface area contributed by atoms with Crippen LogP contribution in [0.2, 0.25) is 0 Å². The highest BCUT2D eigenvalue weighted by Gasteiger charge is 2.05. The van der Waals surface area contributed by atoms with E-state index in [9.17, 15) is 0 Å². The SMILES string of the molecule is C#CCC(CC)NCc1ccccc1C#N. The van der Waals surface area contributed by atoms with Gasteiger partial charge >= 0.3 is 0 Å². The molecule has 0 saturated carbocycles. The van der Waals surface area contributed by atoms with Gasteiger partial charge in [-0.05, 0) is 18.1 Å². The molecule has 0 aromatic heterocycles. The van der Waals surface area contributed by atoms with Crippen LogP contribution >= 0.6 is 0 Å². The molecule has 1 atom stereocenters. The second-order valence-corrected chi connectivity index (χ2v) is 3.66. The van der Waals surface area contributed by atoms with Crippen molar-refractivity contribution < 1.29 is 0 Å². The lowest BCUT2D eigenvalue weighted by Gasteiger charge is -2.14. The number of hydrogen-bond donors (Lipinski definition) is 1. The number of nitrogens with zero attached hydrogens (tertiary/aromatic N) is 1. The van der Waals surface area contributed by atoms with E-state index in [4.69, 9.17) is 11.7 Å². The summed E-state index contributed by atoms with van der Waals surface area (Å²) in [4.78, 5) is 0. The van der Waals surface area contributed by atoms with Crippen LogP contribution in [0.25, 0.3) is 0 Å². The van der Waals surface area contributed by atoms with E-state index in [-0.39, 0.29) is 0 Å². The Bertz CT molecular complexity index is 409. The molecule has 0 bridgehead atoms. The first kappa shape index (κ1) is 12.3. The van der Waals surface area contributed by atoms with Crippen LogP contribution in [-0.4, -0.2) is 6.04 Å². The first-order valence-corrected chi connectivity index (χ1v) is 5.46. The van der Waals surface area contributed by atoms with Gasteiger partial charge < -0.3 is 5.32 Å². The van der Waals surface area contributed by atoms with Crippen LogP contribution in [0.3, 0.4) is 0 Å². The molecule has 0 radical (unpaired) electrons. The van der Waals surface area contributed by atoms with E-state index in [0.717, 1.165) is 24.0 Å². The van der Waals surface area contributed by atoms with E-state index in [0.29, 0.717) is 12.6 Å². The van der Waals surface area contributed by atoms with Crippen LogP contribution in [0.5, 0.6) is 0 Å². The van der Waals surface area contributed by atoms with Crippen molar-refractivity contribution >= 4 is 0 Å². The Balaban J connectivity index is 2.61. The Kier molecular flexibility index (Phi) is 5.12. The van der Waals surface area contributed by atoms with E-state index < -0.39 is 0 Å². The highest BCUT2D eigenvalue weighted by Crippen LogP contribution is 2.08. The molecule has 16 heavy (non-hydrogen) atoms. The summed E-state index contributed by atoms with van der Waals surface area (Å²) in [7, 11) is 0. The third-order valence-corrected chi connectivity index (χ3v) is 2.58. The minimum atomic E-state index is 0.330. The predicted octanol–water partition coefficient (Wildman–Crippen LogP) is 2.45. The fourth-order valence-electron chi connectivity index (χ4n) is 1.54. The summed E-state index contributed by atoms with van der Waals surface area (Å²) < 4.78 is 0. The van der Waals surface area contributed by atoms with Crippen molar-refractivity contribution in [3.8, 4) is 18.4 Å². The Labute approximate surface area is 97.3 Å². The maximum atomic E-state index is 8.93. The van der Waals surface area contributed by atoms with Gasteiger partial charge in [-0.1, -0.05) is 25.1 Å². The first-order chi connectivity index (χ1) is 7.81. The zero-order valence-corrected chi connectivity index (χ0v) is 9.53. The third kappa shape index (κ3) is 3.42. The van der Waals surface area contributed by atoms with Crippen LogP contribution < -0.4 is 5.32 Å². The fourth-order valence-corrected chi connectivity index (χ4v) is 1.54. The van der Waals surface area contributed by atoms with Crippen molar-refractivity contribution in [1.29, 1.82) is 5.26 Å². The highest BCUT2D eigenvalue weighted by atomic mass is 14.9. The maximum Gasteiger partial charge on any atom is 0.0995 e. The van der Waals surface area contributed by atoms with Crippen molar-refractivity contribution in [3.63, 3.8) is 0 Å². The lowest BCUT2D eigenvalue weighted by molar-refractivity contribution is 0.506. The Morgan fingerprint density at radius 3 is 2.81 bits per heavy atom. The molecule has 1 unspecified atom stereocenters. The molecule has 1 N–H and O–H groups in total. The molecule has 1 aromatic rings. The molecule has 82 valence electrons. The average molecular weight is 212 g/mol. The first-order valence-electron chi connectivity index (χ1n) is 5.46. The van der Waals surface area contributed by atoms with Crippen LogP contribution in [-0.2, 0) is 6.54 Å². The molecule has 0 aliphatic rings. The molecule has 2 heteroatoms. The second-order valence-electron chi connectivity index (χ2n) is 3.66. The number of nitriles is 1. The number of terminal acetylenes is 1. The van der Waals surface area contributed by atoms with E-state index in [1.54, 1.807) is 0 Å². The van der Waals surface area contributed by atoms with E-state index in [1.807, 2.05) is 24.3 Å². The van der Waals surface area contributed by atoms with Crippen molar-refractivity contribution in [3.05, 3.63) is 35.4 Å². The lowest BCUT2D eigenvalue weighted by atomic mass is 10.1. The molecule has 0 aliphatic heterocycles. The molecule has 0 spiro atoms. The zero-order chi connectivity index (χ0) is 11.8. The summed E-state index contributed by atoms with van der Waals surface area (Å²) in [5.41, 5.74) is 1.76. The molecule has 0 saturated heterocycles. The third-order valence-electron chi connectivity index (χ3n) is 2.58. The van der Waals surface area contributed by atoms with E-state index in [1.165, 1.54) is 0 Å². The van der Waals surface area contributed by atoms with Gasteiger partial charge in [0.15, 0.2) is 0 Å². The highest BCUT2D eigenvalue weighted by molar-refractivity contribution is 5.37. The smallest absolute Gasteiger partial charge is 0.0995 e. The molecular weight excluding hydrogens is 196 g/mol. The standard InChI is InChI=1S/C14H16N2/c1-3-7-14(4-2)16-11-13-9-6-5-8-12(13)10-15/h1,5-6,8-9,14,16H,4,7,11H2,2H3. The van der Waals surface area contributed by atoms with Gasteiger partial charge in [0.2, 0.25) is 0 Å². The van der Waals surface area contributed by atoms with Crippen molar-refractivity contribution in [2.75, 3.05) is 0 Å². The minimum absolute atomic E-state index is 0.330. The average Bonchev–Trinajstić information content (AvgIpc) is 2.34. The van der Waals surface area contributed by atoms with E-state index >= 15 is 0 Å². The lowest BCUT2D eigenvalue weighted by Crippen LogP contribution is -2.27. The molecule has 0 aliphatic carbocycles. The quantitative estimate of drug-likeness (QED) is 0.761. The predicted molar refractivity (Wildman–Crippen MR) is 65.5 cm³/mol. The van der Waals surface area contributed by atoms with Gasteiger partial charge in [0.25, 0.3) is 0 Å². The Morgan fingerprint density at radius 1 is 1.44 bits per heavy atom. The zero-order valence-electron chi connectivity index (χ0n) is 9.53. The number of rotatable bonds is 5. The minimum Gasteiger partial charge on any atom is -0.309 e. The van der Waals surface area contributed by atoms with Gasteiger partial charge in [-0.3, -0.25) is 0 Å². The number of hydrogen-bond acceptors (Lipinski definition) is 2. The van der Waals surface area contributed by atoms with E-state index in [2.05, 4.69) is 24.2 Å². The summed E-state index contributed by atoms with van der Waals surface area (Å²) in [6.45, 7) is 2.80. The fraction of sp³-hybridized carbons (Fsp3) is 0.357. The topological polar surface area (TPSA) is 35.8 Å². The summed E-state index contributed by atoms with van der Waals surface area (Å²) in [6.07, 6.45) is 7.01. The van der Waals surface area contributed by atoms with Gasteiger partial charge in [0, 0.05) is 19.0 Å². The van der Waals surface area contributed by atoms with Crippen LogP contribution in [0.1, 0.15) is 30.9 Å². The van der Waals surface area contributed by atoms with Gasteiger partial charge in [-0.15, -0.1) is 12.3 Å².